The summed E-state index contributed by atoms with van der Waals surface area (Å²) in [6, 6.07) is 0. The molecule has 0 saturated carbocycles. The van der Waals surface area contributed by atoms with Crippen molar-refractivity contribution in [1.29, 1.82) is 0 Å². The van der Waals surface area contributed by atoms with Crippen LogP contribution < -0.4 is 0 Å². The maximum atomic E-state index is 12.5. The van der Waals surface area contributed by atoms with E-state index in [1.54, 1.807) is 0 Å². The molecule has 0 aromatic carbocycles. The highest BCUT2D eigenvalue weighted by atomic mass is 16.6. The number of carbonyl (C=O) groups is 2. The van der Waals surface area contributed by atoms with E-state index in [4.69, 9.17) is 19.3 Å². The largest absolute Gasteiger partial charge is 0.466 e. The Hall–Kier alpha value is -1.14. The third-order valence-electron chi connectivity index (χ3n) is 9.53. The van der Waals surface area contributed by atoms with Crippen molar-refractivity contribution in [3.63, 3.8) is 0 Å². The van der Waals surface area contributed by atoms with Crippen molar-refractivity contribution in [2.24, 2.45) is 0 Å². The van der Waals surface area contributed by atoms with Crippen molar-refractivity contribution < 1.29 is 28.9 Å². The Morgan fingerprint density at radius 1 is 0.417 bits per heavy atom. The Kier molecular flexibility index (Phi) is 39.3. The fraction of sp³-hybridized carbons (Fsp3) is 0.952. The number of ether oxygens (including phenoxy) is 3. The minimum atomic E-state index is -1.02. The summed E-state index contributed by atoms with van der Waals surface area (Å²) in [5.74, 6) is -0.984. The molecule has 6 heteroatoms. The molecule has 286 valence electrons. The van der Waals surface area contributed by atoms with Gasteiger partial charge in [-0.2, -0.15) is 0 Å². The molecule has 0 aromatic heterocycles. The molecule has 0 radical (unpaired) electrons. The van der Waals surface area contributed by atoms with E-state index < -0.39 is 18.0 Å². The maximum absolute atomic E-state index is 12.5. The SMILES string of the molecule is CCCCCCCCCCCCCCCCCCOC(=O)CC(OCCO)C(=O)OCCCCCCCCCCCCCCCCCC. The molecule has 1 N–H and O–H groups in total. The zero-order valence-electron chi connectivity index (χ0n) is 32.2. The molecule has 48 heavy (non-hydrogen) atoms. The van der Waals surface area contributed by atoms with Crippen LogP contribution in [0.4, 0.5) is 0 Å². The van der Waals surface area contributed by atoms with Crippen LogP contribution in [-0.4, -0.2) is 49.6 Å². The van der Waals surface area contributed by atoms with Crippen LogP contribution in [0, 0.1) is 0 Å². The Balaban J connectivity index is 3.67. The van der Waals surface area contributed by atoms with Gasteiger partial charge in [0.2, 0.25) is 0 Å². The van der Waals surface area contributed by atoms with E-state index in [-0.39, 0.29) is 19.6 Å². The molecule has 0 saturated heterocycles. The lowest BCUT2D eigenvalue weighted by Gasteiger charge is -2.16. The van der Waals surface area contributed by atoms with Crippen LogP contribution in [0.5, 0.6) is 0 Å². The van der Waals surface area contributed by atoms with Crippen molar-refractivity contribution in [2.75, 3.05) is 26.4 Å². The average molecular weight is 683 g/mol. The van der Waals surface area contributed by atoms with Crippen molar-refractivity contribution in [1.82, 2.24) is 0 Å². The van der Waals surface area contributed by atoms with Gasteiger partial charge in [0.05, 0.1) is 32.8 Å². The molecule has 0 aliphatic heterocycles. The van der Waals surface area contributed by atoms with Crippen molar-refractivity contribution in [3.8, 4) is 0 Å². The number of carbonyl (C=O) groups excluding carboxylic acids is 2. The van der Waals surface area contributed by atoms with E-state index in [1.165, 1.54) is 173 Å². The van der Waals surface area contributed by atoms with Gasteiger partial charge in [0.1, 0.15) is 0 Å². The monoisotopic (exact) mass is 683 g/mol. The van der Waals surface area contributed by atoms with Gasteiger partial charge < -0.3 is 19.3 Å². The fourth-order valence-electron chi connectivity index (χ4n) is 6.37. The topological polar surface area (TPSA) is 82.1 Å². The second kappa shape index (κ2) is 40.3. The van der Waals surface area contributed by atoms with Crippen LogP contribution in [0.2, 0.25) is 0 Å². The molecule has 6 nitrogen and oxygen atoms in total. The molecule has 1 unspecified atom stereocenters. The van der Waals surface area contributed by atoms with Gasteiger partial charge in [0.15, 0.2) is 6.10 Å². The van der Waals surface area contributed by atoms with Crippen molar-refractivity contribution in [3.05, 3.63) is 0 Å². The summed E-state index contributed by atoms with van der Waals surface area (Å²) in [7, 11) is 0. The van der Waals surface area contributed by atoms with Crippen LogP contribution in [0.1, 0.15) is 226 Å². The van der Waals surface area contributed by atoms with Gasteiger partial charge in [-0.1, -0.05) is 206 Å². The lowest BCUT2D eigenvalue weighted by Crippen LogP contribution is -2.31. The first-order valence-corrected chi connectivity index (χ1v) is 21.2. The quantitative estimate of drug-likeness (QED) is 0.0511. The minimum Gasteiger partial charge on any atom is -0.466 e. The van der Waals surface area contributed by atoms with E-state index in [2.05, 4.69) is 13.8 Å². The first kappa shape index (κ1) is 46.9. The van der Waals surface area contributed by atoms with Gasteiger partial charge in [0, 0.05) is 0 Å². The number of aliphatic hydroxyl groups excluding tert-OH is 1. The summed E-state index contributed by atoms with van der Waals surface area (Å²) in [5.41, 5.74) is 0. The van der Waals surface area contributed by atoms with Gasteiger partial charge in [-0.05, 0) is 12.8 Å². The second-order valence-electron chi connectivity index (χ2n) is 14.3. The molecule has 0 aliphatic rings. The summed E-state index contributed by atoms with van der Waals surface area (Å²) < 4.78 is 16.2. The lowest BCUT2D eigenvalue weighted by atomic mass is 10.0. The molecule has 0 fully saturated rings. The third kappa shape index (κ3) is 36.1. The summed E-state index contributed by atoms with van der Waals surface area (Å²) >= 11 is 0. The number of hydrogen-bond acceptors (Lipinski definition) is 6. The smallest absolute Gasteiger partial charge is 0.335 e. The van der Waals surface area contributed by atoms with E-state index in [1.807, 2.05) is 0 Å². The highest BCUT2D eigenvalue weighted by Crippen LogP contribution is 2.16. The predicted octanol–water partition coefficient (Wildman–Crippen LogP) is 12.4. The molecule has 0 bridgehead atoms. The van der Waals surface area contributed by atoms with Crippen LogP contribution >= 0.6 is 0 Å². The predicted molar refractivity (Wildman–Crippen MR) is 202 cm³/mol. The third-order valence-corrected chi connectivity index (χ3v) is 9.53. The van der Waals surface area contributed by atoms with Gasteiger partial charge in [-0.25, -0.2) is 4.79 Å². The second-order valence-corrected chi connectivity index (χ2v) is 14.3. The molecule has 0 amide bonds. The van der Waals surface area contributed by atoms with Crippen molar-refractivity contribution >= 4 is 11.9 Å². The standard InChI is InChI=1S/C42H82O6/c1-3-5-7-9-11-13-15-17-19-21-23-25-27-29-31-33-36-47-41(44)39-40(46-38-35-43)42(45)48-37-34-32-30-28-26-24-22-20-18-16-14-12-10-8-6-4-2/h40,43H,3-39H2,1-2H3. The highest BCUT2D eigenvalue weighted by molar-refractivity contribution is 5.81. The van der Waals surface area contributed by atoms with E-state index in [9.17, 15) is 9.59 Å². The van der Waals surface area contributed by atoms with Crippen LogP contribution in [0.3, 0.4) is 0 Å². The van der Waals surface area contributed by atoms with E-state index in [0.717, 1.165) is 32.1 Å². The normalized spacial score (nSPS) is 12.0. The number of hydrogen-bond donors (Lipinski definition) is 1. The number of rotatable bonds is 40. The summed E-state index contributed by atoms with van der Waals surface area (Å²) in [6.45, 7) is 5.04. The average Bonchev–Trinajstić information content (AvgIpc) is 3.09. The summed E-state index contributed by atoms with van der Waals surface area (Å²) in [4.78, 5) is 24.9. The zero-order valence-corrected chi connectivity index (χ0v) is 32.2. The zero-order chi connectivity index (χ0) is 35.0. The van der Waals surface area contributed by atoms with Crippen LogP contribution in [-0.2, 0) is 23.8 Å². The van der Waals surface area contributed by atoms with Gasteiger partial charge in [-0.15, -0.1) is 0 Å². The number of unbranched alkanes of at least 4 members (excludes halogenated alkanes) is 30. The minimum absolute atomic E-state index is 0.00871. The molecule has 0 aromatic rings. The summed E-state index contributed by atoms with van der Waals surface area (Å²) in [5, 5.41) is 9.14. The molecule has 0 heterocycles. The molecule has 1 atom stereocenters. The first-order chi connectivity index (χ1) is 23.7. The van der Waals surface area contributed by atoms with Crippen LogP contribution in [0.25, 0.3) is 0 Å². The Morgan fingerprint density at radius 2 is 0.708 bits per heavy atom. The van der Waals surface area contributed by atoms with E-state index >= 15 is 0 Å². The molecular formula is C42H82O6. The number of esters is 2. The van der Waals surface area contributed by atoms with E-state index in [0.29, 0.717) is 13.2 Å². The fourth-order valence-corrected chi connectivity index (χ4v) is 6.37. The maximum Gasteiger partial charge on any atom is 0.335 e. The number of aliphatic hydroxyl groups is 1. The molecule has 0 spiro atoms. The van der Waals surface area contributed by atoms with Gasteiger partial charge >= 0.3 is 11.9 Å². The van der Waals surface area contributed by atoms with Gasteiger partial charge in [0.25, 0.3) is 0 Å². The molecular weight excluding hydrogens is 600 g/mol. The Labute approximate surface area is 298 Å². The van der Waals surface area contributed by atoms with Gasteiger partial charge in [-0.3, -0.25) is 4.79 Å². The van der Waals surface area contributed by atoms with Crippen LogP contribution in [0.15, 0.2) is 0 Å². The lowest BCUT2D eigenvalue weighted by molar-refractivity contribution is -0.164. The Bertz CT molecular complexity index is 654. The first-order valence-electron chi connectivity index (χ1n) is 21.2. The molecule has 0 rings (SSSR count). The highest BCUT2D eigenvalue weighted by Gasteiger charge is 2.25. The summed E-state index contributed by atoms with van der Waals surface area (Å²) in [6.07, 6.45) is 40.4. The Morgan fingerprint density at radius 3 is 1.02 bits per heavy atom. The van der Waals surface area contributed by atoms with Crippen molar-refractivity contribution in [2.45, 2.75) is 232 Å². The molecule has 0 aliphatic carbocycles.